The van der Waals surface area contributed by atoms with Crippen molar-refractivity contribution in [3.63, 3.8) is 0 Å². The van der Waals surface area contributed by atoms with Gasteiger partial charge in [0.05, 0.1) is 5.69 Å². The summed E-state index contributed by atoms with van der Waals surface area (Å²) >= 11 is 0. The Kier molecular flexibility index (Phi) is 6.64. The van der Waals surface area contributed by atoms with E-state index in [0.29, 0.717) is 24.6 Å². The maximum Gasteiger partial charge on any atom is 0.257 e. The molecule has 1 aromatic rings. The molecule has 5 nitrogen and oxygen atoms in total. The van der Waals surface area contributed by atoms with Gasteiger partial charge in [-0.15, -0.1) is 0 Å². The molecule has 0 atom stereocenters. The average Bonchev–Trinajstić information content (AvgIpc) is 2.37. The van der Waals surface area contributed by atoms with Crippen molar-refractivity contribution in [3.8, 4) is 5.75 Å². The van der Waals surface area contributed by atoms with Crippen LogP contribution in [0.3, 0.4) is 0 Å². The van der Waals surface area contributed by atoms with Crippen molar-refractivity contribution in [2.24, 2.45) is 0 Å². The summed E-state index contributed by atoms with van der Waals surface area (Å²) in [6.45, 7) is 1.33. The standard InChI is InChI=1S/C13H20N2O3/c1-17-9-5-4-8-15-13(16)10-18-12-7-3-2-6-11(12)14/h2-3,6-7H,4-5,8-10,14H2,1H3,(H,15,16). The number of hydrogen-bond donors (Lipinski definition) is 2. The number of unbranched alkanes of at least 4 members (excludes halogenated alkanes) is 1. The Balaban J connectivity index is 2.15. The van der Waals surface area contributed by atoms with Crippen LogP contribution in [-0.4, -0.2) is 32.8 Å². The van der Waals surface area contributed by atoms with Crippen LogP contribution >= 0.6 is 0 Å². The van der Waals surface area contributed by atoms with Crippen molar-refractivity contribution in [1.82, 2.24) is 5.32 Å². The van der Waals surface area contributed by atoms with Gasteiger partial charge in [0.2, 0.25) is 0 Å². The molecule has 0 spiro atoms. The van der Waals surface area contributed by atoms with E-state index in [4.69, 9.17) is 15.2 Å². The summed E-state index contributed by atoms with van der Waals surface area (Å²) in [4.78, 5) is 11.5. The van der Waals surface area contributed by atoms with Gasteiger partial charge in [-0.05, 0) is 25.0 Å². The predicted octanol–water partition coefficient (Wildman–Crippen LogP) is 1.19. The van der Waals surface area contributed by atoms with Crippen LogP contribution in [0.4, 0.5) is 5.69 Å². The molecule has 0 saturated heterocycles. The molecule has 0 aromatic heterocycles. The maximum absolute atomic E-state index is 11.5. The Labute approximate surface area is 107 Å². The molecular weight excluding hydrogens is 232 g/mol. The number of hydrogen-bond acceptors (Lipinski definition) is 4. The highest BCUT2D eigenvalue weighted by atomic mass is 16.5. The van der Waals surface area contributed by atoms with E-state index in [2.05, 4.69) is 5.32 Å². The molecule has 0 heterocycles. The highest BCUT2D eigenvalue weighted by Crippen LogP contribution is 2.19. The molecule has 5 heteroatoms. The van der Waals surface area contributed by atoms with Crippen LogP contribution in [0.25, 0.3) is 0 Å². The third-order valence-electron chi connectivity index (χ3n) is 2.38. The third-order valence-corrected chi connectivity index (χ3v) is 2.38. The van der Waals surface area contributed by atoms with E-state index in [1.165, 1.54) is 0 Å². The van der Waals surface area contributed by atoms with Gasteiger partial charge >= 0.3 is 0 Å². The van der Waals surface area contributed by atoms with Crippen LogP contribution < -0.4 is 15.8 Å². The molecule has 1 aromatic carbocycles. The van der Waals surface area contributed by atoms with E-state index in [1.54, 1.807) is 19.2 Å². The second kappa shape index (κ2) is 8.36. The first kappa shape index (κ1) is 14.3. The van der Waals surface area contributed by atoms with Gasteiger partial charge in [0.25, 0.3) is 5.91 Å². The van der Waals surface area contributed by atoms with Crippen LogP contribution in [-0.2, 0) is 9.53 Å². The molecule has 18 heavy (non-hydrogen) atoms. The van der Waals surface area contributed by atoms with Gasteiger partial charge in [-0.25, -0.2) is 0 Å². The van der Waals surface area contributed by atoms with E-state index in [1.807, 2.05) is 12.1 Å². The molecule has 1 rings (SSSR count). The summed E-state index contributed by atoms with van der Waals surface area (Å²) in [7, 11) is 1.66. The third kappa shape index (κ3) is 5.54. The highest BCUT2D eigenvalue weighted by Gasteiger charge is 2.03. The number of anilines is 1. The number of benzene rings is 1. The normalized spacial score (nSPS) is 10.1. The first-order valence-electron chi connectivity index (χ1n) is 5.97. The van der Waals surface area contributed by atoms with E-state index in [0.717, 1.165) is 12.8 Å². The second-order valence-electron chi connectivity index (χ2n) is 3.88. The Morgan fingerprint density at radius 3 is 2.83 bits per heavy atom. The number of ether oxygens (including phenoxy) is 2. The molecule has 0 bridgehead atoms. The first-order valence-corrected chi connectivity index (χ1v) is 5.97. The zero-order valence-electron chi connectivity index (χ0n) is 10.6. The summed E-state index contributed by atoms with van der Waals surface area (Å²) in [6.07, 6.45) is 1.83. The number of methoxy groups -OCH3 is 1. The number of nitrogens with two attached hydrogens (primary N) is 1. The maximum atomic E-state index is 11.5. The van der Waals surface area contributed by atoms with Crippen LogP contribution in [0.1, 0.15) is 12.8 Å². The molecule has 0 radical (unpaired) electrons. The van der Waals surface area contributed by atoms with Crippen LogP contribution in [0.15, 0.2) is 24.3 Å². The number of para-hydroxylation sites is 2. The summed E-state index contributed by atoms with van der Waals surface area (Å²) in [5, 5.41) is 2.77. The van der Waals surface area contributed by atoms with Crippen molar-refractivity contribution < 1.29 is 14.3 Å². The van der Waals surface area contributed by atoms with Crippen molar-refractivity contribution in [1.29, 1.82) is 0 Å². The van der Waals surface area contributed by atoms with Crippen molar-refractivity contribution in [3.05, 3.63) is 24.3 Å². The summed E-state index contributed by atoms with van der Waals surface area (Å²) in [6, 6.07) is 7.10. The lowest BCUT2D eigenvalue weighted by molar-refractivity contribution is -0.123. The lowest BCUT2D eigenvalue weighted by Crippen LogP contribution is -2.29. The molecule has 0 unspecified atom stereocenters. The summed E-state index contributed by atoms with van der Waals surface area (Å²) in [5.41, 5.74) is 6.22. The molecule has 3 N–H and O–H groups in total. The Hall–Kier alpha value is -1.75. The van der Waals surface area contributed by atoms with E-state index in [9.17, 15) is 4.79 Å². The van der Waals surface area contributed by atoms with Gasteiger partial charge in [0.1, 0.15) is 5.75 Å². The van der Waals surface area contributed by atoms with Crippen LogP contribution in [0.2, 0.25) is 0 Å². The van der Waals surface area contributed by atoms with E-state index in [-0.39, 0.29) is 12.5 Å². The number of amides is 1. The van der Waals surface area contributed by atoms with Gasteiger partial charge in [-0.3, -0.25) is 4.79 Å². The Morgan fingerprint density at radius 2 is 2.11 bits per heavy atom. The van der Waals surface area contributed by atoms with E-state index < -0.39 is 0 Å². The number of carbonyl (C=O) groups is 1. The lowest BCUT2D eigenvalue weighted by atomic mass is 10.3. The van der Waals surface area contributed by atoms with Crippen molar-refractivity contribution in [2.75, 3.05) is 32.6 Å². The number of nitrogens with one attached hydrogen (secondary N) is 1. The zero-order valence-corrected chi connectivity index (χ0v) is 10.6. The quantitative estimate of drug-likeness (QED) is 0.538. The molecule has 0 fully saturated rings. The SMILES string of the molecule is COCCCCNC(=O)COc1ccccc1N. The zero-order chi connectivity index (χ0) is 13.2. The number of nitrogen functional groups attached to an aromatic ring is 1. The lowest BCUT2D eigenvalue weighted by Gasteiger charge is -2.09. The smallest absolute Gasteiger partial charge is 0.257 e. The van der Waals surface area contributed by atoms with Crippen molar-refractivity contribution in [2.45, 2.75) is 12.8 Å². The molecule has 0 aliphatic carbocycles. The van der Waals surface area contributed by atoms with Gasteiger partial charge in [-0.2, -0.15) is 0 Å². The number of rotatable bonds is 8. The van der Waals surface area contributed by atoms with Crippen LogP contribution in [0.5, 0.6) is 5.75 Å². The second-order valence-corrected chi connectivity index (χ2v) is 3.88. The fraction of sp³-hybridized carbons (Fsp3) is 0.462. The molecule has 1 amide bonds. The molecule has 100 valence electrons. The summed E-state index contributed by atoms with van der Waals surface area (Å²) < 4.78 is 10.2. The van der Waals surface area contributed by atoms with Gasteiger partial charge in [-0.1, -0.05) is 12.1 Å². The van der Waals surface area contributed by atoms with Gasteiger partial charge in [0.15, 0.2) is 6.61 Å². The minimum absolute atomic E-state index is 0.0154. The molecular formula is C13H20N2O3. The van der Waals surface area contributed by atoms with Gasteiger partial charge < -0.3 is 20.5 Å². The molecule has 0 aliphatic rings. The van der Waals surface area contributed by atoms with E-state index >= 15 is 0 Å². The van der Waals surface area contributed by atoms with Crippen molar-refractivity contribution >= 4 is 11.6 Å². The van der Waals surface area contributed by atoms with Gasteiger partial charge in [0, 0.05) is 20.3 Å². The predicted molar refractivity (Wildman–Crippen MR) is 70.5 cm³/mol. The first-order chi connectivity index (χ1) is 8.74. The van der Waals surface area contributed by atoms with Crippen LogP contribution in [0, 0.1) is 0 Å². The summed E-state index contributed by atoms with van der Waals surface area (Å²) in [5.74, 6) is 0.391. The Morgan fingerprint density at radius 1 is 1.33 bits per heavy atom. The minimum atomic E-state index is -0.143. The fourth-order valence-electron chi connectivity index (χ4n) is 1.41. The average molecular weight is 252 g/mol. The topological polar surface area (TPSA) is 73.6 Å². The minimum Gasteiger partial charge on any atom is -0.482 e. The highest BCUT2D eigenvalue weighted by molar-refractivity contribution is 5.77. The molecule has 0 aliphatic heterocycles. The molecule has 0 saturated carbocycles. The largest absolute Gasteiger partial charge is 0.482 e. The fourth-order valence-corrected chi connectivity index (χ4v) is 1.41. The number of carbonyl (C=O) groups excluding carboxylic acids is 1. The Bertz CT molecular complexity index is 369. The monoisotopic (exact) mass is 252 g/mol.